The quantitative estimate of drug-likeness (QED) is 0.909. The normalized spacial score (nSPS) is 30.0. The first-order valence-electron chi connectivity index (χ1n) is 8.54. The molecule has 1 amide bonds. The fraction of sp³-hybridized carbons (Fsp3) is 0.579. The molecule has 1 saturated heterocycles. The third kappa shape index (κ3) is 3.41. The van der Waals surface area contributed by atoms with Gasteiger partial charge in [-0.15, -0.1) is 0 Å². The number of amides is 1. The van der Waals surface area contributed by atoms with E-state index < -0.39 is 11.9 Å². The van der Waals surface area contributed by atoms with E-state index in [1.165, 1.54) is 5.56 Å². The van der Waals surface area contributed by atoms with E-state index in [0.717, 1.165) is 38.8 Å². The zero-order chi connectivity index (χ0) is 16.4. The first-order valence-corrected chi connectivity index (χ1v) is 8.54. The number of likely N-dealkylation sites (tertiary alicyclic amines) is 1. The molecule has 2 fully saturated rings. The number of aryl methyl sites for hydroxylation is 1. The Balaban J connectivity index is 1.55. The number of nitrogens with zero attached hydrogens (tertiary/aromatic N) is 1. The molecule has 1 aliphatic heterocycles. The molecule has 0 radical (unpaired) electrons. The van der Waals surface area contributed by atoms with Gasteiger partial charge in [0, 0.05) is 13.1 Å². The monoisotopic (exact) mass is 315 g/mol. The Morgan fingerprint density at radius 3 is 2.52 bits per heavy atom. The van der Waals surface area contributed by atoms with Gasteiger partial charge in [0.25, 0.3) is 0 Å². The minimum Gasteiger partial charge on any atom is -0.481 e. The predicted molar refractivity (Wildman–Crippen MR) is 87.9 cm³/mol. The standard InChI is InChI=1S/C19H25NO3/c1-19(10-9-14-5-3-2-4-6-14)11-12-20(13-19)17(21)15-7-8-16(15)18(22)23/h2-6,15-16H,7-13H2,1H3,(H,22,23). The average Bonchev–Trinajstić information content (AvgIpc) is 2.88. The summed E-state index contributed by atoms with van der Waals surface area (Å²) in [6.45, 7) is 3.78. The molecule has 1 heterocycles. The van der Waals surface area contributed by atoms with Crippen molar-refractivity contribution in [3.8, 4) is 0 Å². The van der Waals surface area contributed by atoms with E-state index in [4.69, 9.17) is 5.11 Å². The van der Waals surface area contributed by atoms with Crippen LogP contribution in [0.1, 0.15) is 38.2 Å². The summed E-state index contributed by atoms with van der Waals surface area (Å²) in [4.78, 5) is 25.6. The van der Waals surface area contributed by atoms with Gasteiger partial charge in [0.15, 0.2) is 0 Å². The van der Waals surface area contributed by atoms with Crippen LogP contribution < -0.4 is 0 Å². The zero-order valence-corrected chi connectivity index (χ0v) is 13.7. The van der Waals surface area contributed by atoms with Gasteiger partial charge in [-0.05, 0) is 43.1 Å². The Bertz CT molecular complexity index is 586. The summed E-state index contributed by atoms with van der Waals surface area (Å²) in [7, 11) is 0. The first-order chi connectivity index (χ1) is 11.0. The molecule has 1 N–H and O–H groups in total. The fourth-order valence-corrected chi connectivity index (χ4v) is 3.83. The van der Waals surface area contributed by atoms with Crippen molar-refractivity contribution in [3.63, 3.8) is 0 Å². The van der Waals surface area contributed by atoms with E-state index >= 15 is 0 Å². The third-order valence-corrected chi connectivity index (χ3v) is 5.64. The summed E-state index contributed by atoms with van der Waals surface area (Å²) in [5, 5.41) is 9.14. The number of benzene rings is 1. The van der Waals surface area contributed by atoms with Crippen LogP contribution in [-0.4, -0.2) is 35.0 Å². The molecule has 4 nitrogen and oxygen atoms in total. The summed E-state index contributed by atoms with van der Waals surface area (Å²) in [6, 6.07) is 10.4. The summed E-state index contributed by atoms with van der Waals surface area (Å²) in [5.41, 5.74) is 1.48. The molecule has 124 valence electrons. The van der Waals surface area contributed by atoms with Crippen LogP contribution in [0.15, 0.2) is 30.3 Å². The van der Waals surface area contributed by atoms with Crippen LogP contribution in [0.4, 0.5) is 0 Å². The van der Waals surface area contributed by atoms with E-state index in [2.05, 4.69) is 31.2 Å². The number of hydrogen-bond acceptors (Lipinski definition) is 2. The van der Waals surface area contributed by atoms with Gasteiger partial charge in [-0.2, -0.15) is 0 Å². The summed E-state index contributed by atoms with van der Waals surface area (Å²) in [6.07, 6.45) is 4.47. The SMILES string of the molecule is CC1(CCc2ccccc2)CCN(C(=O)C2CCC2C(=O)O)C1. The van der Waals surface area contributed by atoms with E-state index in [-0.39, 0.29) is 17.2 Å². The Morgan fingerprint density at radius 1 is 1.22 bits per heavy atom. The number of carboxylic acids is 1. The van der Waals surface area contributed by atoms with Crippen molar-refractivity contribution in [3.05, 3.63) is 35.9 Å². The highest BCUT2D eigenvalue weighted by Crippen LogP contribution is 2.40. The molecule has 1 aromatic carbocycles. The lowest BCUT2D eigenvalue weighted by Gasteiger charge is -2.35. The van der Waals surface area contributed by atoms with Crippen LogP contribution in [0.25, 0.3) is 0 Å². The van der Waals surface area contributed by atoms with E-state index in [1.54, 1.807) is 0 Å². The summed E-state index contributed by atoms with van der Waals surface area (Å²) < 4.78 is 0. The molecule has 1 saturated carbocycles. The molecule has 3 rings (SSSR count). The molecule has 23 heavy (non-hydrogen) atoms. The smallest absolute Gasteiger partial charge is 0.307 e. The molecule has 4 heteroatoms. The van der Waals surface area contributed by atoms with Crippen molar-refractivity contribution < 1.29 is 14.7 Å². The van der Waals surface area contributed by atoms with Crippen LogP contribution >= 0.6 is 0 Å². The number of carboxylic acid groups (broad SMARTS) is 1. The van der Waals surface area contributed by atoms with Crippen molar-refractivity contribution in [2.75, 3.05) is 13.1 Å². The van der Waals surface area contributed by atoms with Gasteiger partial charge in [0.1, 0.15) is 0 Å². The molecule has 3 atom stereocenters. The maximum Gasteiger partial charge on any atom is 0.307 e. The Labute approximate surface area is 137 Å². The molecular weight excluding hydrogens is 290 g/mol. The molecule has 0 bridgehead atoms. The molecule has 1 aromatic rings. The number of carbonyl (C=O) groups excluding carboxylic acids is 1. The van der Waals surface area contributed by atoms with Crippen LogP contribution in [0.5, 0.6) is 0 Å². The minimum atomic E-state index is -0.819. The first kappa shape index (κ1) is 16.0. The Kier molecular flexibility index (Phi) is 4.42. The third-order valence-electron chi connectivity index (χ3n) is 5.64. The average molecular weight is 315 g/mol. The lowest BCUT2D eigenvalue weighted by molar-refractivity contribution is -0.156. The lowest BCUT2D eigenvalue weighted by atomic mass is 9.73. The predicted octanol–water partition coefficient (Wildman–Crippen LogP) is 2.97. The highest BCUT2D eigenvalue weighted by Gasteiger charge is 2.45. The van der Waals surface area contributed by atoms with Gasteiger partial charge in [-0.1, -0.05) is 37.3 Å². The van der Waals surface area contributed by atoms with Crippen LogP contribution in [0, 0.1) is 17.3 Å². The van der Waals surface area contributed by atoms with E-state index in [0.29, 0.717) is 6.42 Å². The van der Waals surface area contributed by atoms with Gasteiger partial charge in [0.05, 0.1) is 11.8 Å². The highest BCUT2D eigenvalue weighted by atomic mass is 16.4. The number of hydrogen-bond donors (Lipinski definition) is 1. The molecule has 0 spiro atoms. The van der Waals surface area contributed by atoms with Gasteiger partial charge in [0.2, 0.25) is 5.91 Å². The van der Waals surface area contributed by atoms with Crippen LogP contribution in [0.2, 0.25) is 0 Å². The topological polar surface area (TPSA) is 57.6 Å². The second-order valence-corrected chi connectivity index (χ2v) is 7.43. The molecule has 3 unspecified atom stereocenters. The van der Waals surface area contributed by atoms with Crippen LogP contribution in [0.3, 0.4) is 0 Å². The molecule has 0 aromatic heterocycles. The van der Waals surface area contributed by atoms with Crippen molar-refractivity contribution in [1.29, 1.82) is 0 Å². The lowest BCUT2D eigenvalue weighted by Crippen LogP contribution is -2.45. The largest absolute Gasteiger partial charge is 0.481 e. The maximum atomic E-state index is 12.6. The second kappa shape index (κ2) is 6.34. The van der Waals surface area contributed by atoms with Crippen molar-refractivity contribution >= 4 is 11.9 Å². The van der Waals surface area contributed by atoms with Gasteiger partial charge >= 0.3 is 5.97 Å². The molecule has 1 aliphatic carbocycles. The van der Waals surface area contributed by atoms with Gasteiger partial charge in [-0.25, -0.2) is 0 Å². The van der Waals surface area contributed by atoms with Gasteiger partial charge in [-0.3, -0.25) is 9.59 Å². The Hall–Kier alpha value is -1.84. The summed E-state index contributed by atoms with van der Waals surface area (Å²) >= 11 is 0. The molecular formula is C19H25NO3. The molecule has 2 aliphatic rings. The van der Waals surface area contributed by atoms with Crippen LogP contribution in [-0.2, 0) is 16.0 Å². The van der Waals surface area contributed by atoms with E-state index in [9.17, 15) is 9.59 Å². The number of carbonyl (C=O) groups is 2. The van der Waals surface area contributed by atoms with Crippen molar-refractivity contribution in [2.24, 2.45) is 17.3 Å². The number of aliphatic carboxylic acids is 1. The number of rotatable bonds is 5. The second-order valence-electron chi connectivity index (χ2n) is 7.43. The highest BCUT2D eigenvalue weighted by molar-refractivity contribution is 5.86. The summed E-state index contributed by atoms with van der Waals surface area (Å²) in [5.74, 6) is -1.50. The maximum absolute atomic E-state index is 12.6. The van der Waals surface area contributed by atoms with Gasteiger partial charge < -0.3 is 10.0 Å². The zero-order valence-electron chi connectivity index (χ0n) is 13.7. The minimum absolute atomic E-state index is 0.0621. The Morgan fingerprint density at radius 2 is 1.91 bits per heavy atom. The van der Waals surface area contributed by atoms with E-state index in [1.807, 2.05) is 11.0 Å². The van der Waals surface area contributed by atoms with Crippen molar-refractivity contribution in [2.45, 2.75) is 39.0 Å². The fourth-order valence-electron chi connectivity index (χ4n) is 3.83. The van der Waals surface area contributed by atoms with Crippen molar-refractivity contribution in [1.82, 2.24) is 4.90 Å².